The second-order valence-electron chi connectivity index (χ2n) is 4.15. The Morgan fingerprint density at radius 1 is 1.00 bits per heavy atom. The maximum atomic E-state index is 12.4. The van der Waals surface area contributed by atoms with Crippen molar-refractivity contribution in [3.05, 3.63) is 60.2 Å². The number of halogens is 3. The minimum Gasteiger partial charge on any atom is -0.306 e. The summed E-state index contributed by atoms with van der Waals surface area (Å²) in [7, 11) is 0. The molecule has 0 unspecified atom stereocenters. The van der Waals surface area contributed by atoms with Gasteiger partial charge < -0.3 is 5.32 Å². The summed E-state index contributed by atoms with van der Waals surface area (Å²) < 4.78 is 37.2. The van der Waals surface area contributed by atoms with Crippen molar-refractivity contribution in [2.24, 2.45) is 0 Å². The Hall–Kier alpha value is -2.54. The Balaban J connectivity index is 2.09. The second kappa shape index (κ2) is 5.84. The monoisotopic (exact) mass is 296 g/mol. The van der Waals surface area contributed by atoms with Crippen LogP contribution in [0.1, 0.15) is 5.56 Å². The van der Waals surface area contributed by atoms with E-state index in [-0.39, 0.29) is 10.8 Å². The van der Waals surface area contributed by atoms with Crippen molar-refractivity contribution < 1.29 is 23.2 Å². The van der Waals surface area contributed by atoms with E-state index in [1.807, 2.05) is 0 Å². The number of nitrogens with one attached hydrogen (secondary N) is 1. The van der Waals surface area contributed by atoms with Crippen molar-refractivity contribution in [1.82, 2.24) is 0 Å². The van der Waals surface area contributed by atoms with Gasteiger partial charge in [0.05, 0.1) is 11.3 Å². The number of nitrogens with zero attached hydrogens (tertiary/aromatic N) is 1. The van der Waals surface area contributed by atoms with Crippen molar-refractivity contribution >= 4 is 17.4 Å². The first-order valence-electron chi connectivity index (χ1n) is 5.90. The zero-order chi connectivity index (χ0) is 15.5. The van der Waals surface area contributed by atoms with Crippen molar-refractivity contribution in [3.8, 4) is 0 Å². The maximum absolute atomic E-state index is 12.4. The zero-order valence-electron chi connectivity index (χ0n) is 10.6. The topological polar surface area (TPSA) is 52.6 Å². The minimum absolute atomic E-state index is 0.0727. The number of carbonyl (C=O) groups is 1. The van der Waals surface area contributed by atoms with Gasteiger partial charge in [-0.25, -0.2) is 4.79 Å². The predicted octanol–water partition coefficient (Wildman–Crippen LogP) is 4.13. The summed E-state index contributed by atoms with van der Waals surface area (Å²) in [4.78, 5) is 11.7. The molecule has 0 aliphatic heterocycles. The molecule has 0 radical (unpaired) electrons. The zero-order valence-corrected chi connectivity index (χ0v) is 10.6. The number of urea groups is 1. The highest BCUT2D eigenvalue weighted by Gasteiger charge is 2.30. The van der Waals surface area contributed by atoms with Crippen molar-refractivity contribution in [1.29, 1.82) is 0 Å². The molecule has 2 rings (SSSR count). The Bertz CT molecular complexity index is 612. The SMILES string of the molecule is O=C(Nc1ccccc1)N(O)c1ccc(C(F)(F)F)cc1. The second-order valence-corrected chi connectivity index (χ2v) is 4.15. The number of amides is 2. The summed E-state index contributed by atoms with van der Waals surface area (Å²) in [5, 5.41) is 12.3. The van der Waals surface area contributed by atoms with Crippen LogP contribution in [-0.4, -0.2) is 11.2 Å². The van der Waals surface area contributed by atoms with E-state index >= 15 is 0 Å². The summed E-state index contributed by atoms with van der Waals surface area (Å²) in [6.45, 7) is 0. The molecule has 2 N–H and O–H groups in total. The van der Waals surface area contributed by atoms with Gasteiger partial charge in [-0.2, -0.15) is 18.2 Å². The van der Waals surface area contributed by atoms with Gasteiger partial charge >= 0.3 is 12.2 Å². The lowest BCUT2D eigenvalue weighted by atomic mass is 10.2. The molecule has 110 valence electrons. The molecular formula is C14H11F3N2O2. The van der Waals surface area contributed by atoms with Crippen LogP contribution in [0, 0.1) is 0 Å². The minimum atomic E-state index is -4.47. The van der Waals surface area contributed by atoms with Gasteiger partial charge in [0.2, 0.25) is 0 Å². The summed E-state index contributed by atoms with van der Waals surface area (Å²) in [5.41, 5.74) is -0.479. The molecule has 4 nitrogen and oxygen atoms in total. The van der Waals surface area contributed by atoms with E-state index in [4.69, 9.17) is 0 Å². The third-order valence-corrected chi connectivity index (χ3v) is 2.66. The molecule has 0 saturated carbocycles. The number of alkyl halides is 3. The number of benzene rings is 2. The average molecular weight is 296 g/mol. The Labute approximate surface area is 118 Å². The van der Waals surface area contributed by atoms with Crippen LogP contribution in [0.15, 0.2) is 54.6 Å². The molecule has 0 atom stereocenters. The predicted molar refractivity (Wildman–Crippen MR) is 71.2 cm³/mol. The lowest BCUT2D eigenvalue weighted by molar-refractivity contribution is -0.137. The molecule has 2 amide bonds. The molecule has 21 heavy (non-hydrogen) atoms. The first-order valence-corrected chi connectivity index (χ1v) is 5.90. The van der Waals surface area contributed by atoms with Gasteiger partial charge in [-0.1, -0.05) is 18.2 Å². The normalized spacial score (nSPS) is 11.0. The van der Waals surface area contributed by atoms with Crippen molar-refractivity contribution in [3.63, 3.8) is 0 Å². The molecule has 0 bridgehead atoms. The van der Waals surface area contributed by atoms with Gasteiger partial charge in [-0.05, 0) is 36.4 Å². The Kier molecular flexibility index (Phi) is 4.13. The summed E-state index contributed by atoms with van der Waals surface area (Å²) in [5.74, 6) is 0. The van der Waals surface area contributed by atoms with Crippen LogP contribution in [0.5, 0.6) is 0 Å². The number of para-hydroxylation sites is 1. The van der Waals surface area contributed by atoms with Crippen molar-refractivity contribution in [2.45, 2.75) is 6.18 Å². The average Bonchev–Trinajstić information content (AvgIpc) is 2.46. The standard InChI is InChI=1S/C14H11F3N2O2/c15-14(16,17)10-6-8-12(9-7-10)19(21)13(20)18-11-4-2-1-3-5-11/h1-9,21H,(H,18,20). The first-order chi connectivity index (χ1) is 9.88. The largest absolute Gasteiger partial charge is 0.416 e. The smallest absolute Gasteiger partial charge is 0.306 e. The third-order valence-electron chi connectivity index (χ3n) is 2.66. The van der Waals surface area contributed by atoms with Crippen LogP contribution in [0.2, 0.25) is 0 Å². The lowest BCUT2D eigenvalue weighted by Gasteiger charge is -2.16. The van der Waals surface area contributed by atoms with Crippen LogP contribution in [-0.2, 0) is 6.18 Å². The highest BCUT2D eigenvalue weighted by molar-refractivity contribution is 5.99. The van der Waals surface area contributed by atoms with E-state index < -0.39 is 17.8 Å². The van der Waals surface area contributed by atoms with Crippen LogP contribution in [0.25, 0.3) is 0 Å². The summed E-state index contributed by atoms with van der Waals surface area (Å²) >= 11 is 0. The fourth-order valence-electron chi connectivity index (χ4n) is 1.61. The van der Waals surface area contributed by atoms with E-state index in [1.54, 1.807) is 30.3 Å². The van der Waals surface area contributed by atoms with Gasteiger partial charge in [0.25, 0.3) is 0 Å². The highest BCUT2D eigenvalue weighted by Crippen LogP contribution is 2.30. The number of rotatable bonds is 2. The van der Waals surface area contributed by atoms with Crippen LogP contribution >= 0.6 is 0 Å². The molecule has 2 aromatic carbocycles. The van der Waals surface area contributed by atoms with Gasteiger partial charge in [0, 0.05) is 5.69 Å². The molecule has 0 aliphatic carbocycles. The fourth-order valence-corrected chi connectivity index (χ4v) is 1.61. The molecule has 0 aromatic heterocycles. The molecule has 0 heterocycles. The van der Waals surface area contributed by atoms with E-state index in [1.165, 1.54) is 0 Å². The maximum Gasteiger partial charge on any atom is 0.416 e. The lowest BCUT2D eigenvalue weighted by Crippen LogP contribution is -2.31. The van der Waals surface area contributed by atoms with Crippen LogP contribution in [0.4, 0.5) is 29.3 Å². The number of hydrogen-bond donors (Lipinski definition) is 2. The summed E-state index contributed by atoms with van der Waals surface area (Å²) in [6, 6.07) is 11.1. The van der Waals surface area contributed by atoms with E-state index in [2.05, 4.69) is 5.32 Å². The fraction of sp³-hybridized carbons (Fsp3) is 0.0714. The number of carbonyl (C=O) groups excluding carboxylic acids is 1. The number of hydroxylamine groups is 1. The van der Waals surface area contributed by atoms with Crippen molar-refractivity contribution in [2.75, 3.05) is 10.4 Å². The molecule has 2 aromatic rings. The molecule has 0 spiro atoms. The molecular weight excluding hydrogens is 285 g/mol. The van der Waals surface area contributed by atoms with Gasteiger partial charge in [-0.3, -0.25) is 5.21 Å². The Morgan fingerprint density at radius 3 is 2.10 bits per heavy atom. The van der Waals surface area contributed by atoms with Gasteiger partial charge in [0.1, 0.15) is 0 Å². The molecule has 0 aliphatic rings. The van der Waals surface area contributed by atoms with Gasteiger partial charge in [0.15, 0.2) is 0 Å². The van der Waals surface area contributed by atoms with E-state index in [0.717, 1.165) is 24.3 Å². The van der Waals surface area contributed by atoms with Gasteiger partial charge in [-0.15, -0.1) is 0 Å². The Morgan fingerprint density at radius 2 is 1.57 bits per heavy atom. The number of anilines is 2. The molecule has 0 saturated heterocycles. The molecule has 0 fully saturated rings. The van der Waals surface area contributed by atoms with Crippen LogP contribution in [0.3, 0.4) is 0 Å². The number of hydrogen-bond acceptors (Lipinski definition) is 2. The highest BCUT2D eigenvalue weighted by atomic mass is 19.4. The molecule has 7 heteroatoms. The van der Waals surface area contributed by atoms with Crippen LogP contribution < -0.4 is 10.4 Å². The van der Waals surface area contributed by atoms with E-state index in [0.29, 0.717) is 5.69 Å². The van der Waals surface area contributed by atoms with E-state index in [9.17, 15) is 23.2 Å². The quantitative estimate of drug-likeness (QED) is 0.646. The first kappa shape index (κ1) is 14.9. The third kappa shape index (κ3) is 3.73. The summed E-state index contributed by atoms with van der Waals surface area (Å²) in [6.07, 6.45) is -4.47.